The Morgan fingerprint density at radius 2 is 2.08 bits per heavy atom. The van der Waals surface area contributed by atoms with Crippen LogP contribution in [0.3, 0.4) is 0 Å². The lowest BCUT2D eigenvalue weighted by atomic mass is 10.1. The lowest BCUT2D eigenvalue weighted by Gasteiger charge is -2.10. The van der Waals surface area contributed by atoms with Crippen molar-refractivity contribution >= 4 is 28.5 Å². The Morgan fingerprint density at radius 3 is 2.62 bits per heavy atom. The summed E-state index contributed by atoms with van der Waals surface area (Å²) in [6.07, 6.45) is 0.876. The SMILES string of the molecule is CC(=O)NC(I)Cc1ccccc1. The van der Waals surface area contributed by atoms with Crippen molar-refractivity contribution < 1.29 is 4.79 Å². The van der Waals surface area contributed by atoms with E-state index >= 15 is 0 Å². The van der Waals surface area contributed by atoms with Crippen molar-refractivity contribution in [2.24, 2.45) is 0 Å². The van der Waals surface area contributed by atoms with E-state index in [4.69, 9.17) is 0 Å². The molecule has 1 unspecified atom stereocenters. The fourth-order valence-corrected chi connectivity index (χ4v) is 2.04. The monoisotopic (exact) mass is 289 g/mol. The van der Waals surface area contributed by atoms with Gasteiger partial charge >= 0.3 is 0 Å². The molecule has 13 heavy (non-hydrogen) atoms. The molecule has 0 saturated carbocycles. The summed E-state index contributed by atoms with van der Waals surface area (Å²) in [4.78, 5) is 10.7. The van der Waals surface area contributed by atoms with Gasteiger partial charge < -0.3 is 5.32 Å². The molecule has 3 heteroatoms. The second-order valence-corrected chi connectivity index (χ2v) is 4.36. The van der Waals surface area contributed by atoms with Crippen molar-refractivity contribution in [2.45, 2.75) is 17.4 Å². The van der Waals surface area contributed by atoms with Gasteiger partial charge in [0.05, 0.1) is 4.05 Å². The van der Waals surface area contributed by atoms with E-state index in [1.54, 1.807) is 0 Å². The Hall–Kier alpha value is -0.580. The molecule has 0 fully saturated rings. The molecular weight excluding hydrogens is 277 g/mol. The van der Waals surface area contributed by atoms with Gasteiger partial charge in [-0.3, -0.25) is 4.79 Å². The Kier molecular flexibility index (Phi) is 4.21. The van der Waals surface area contributed by atoms with Crippen LogP contribution >= 0.6 is 22.6 Å². The fourth-order valence-electron chi connectivity index (χ4n) is 1.09. The highest BCUT2D eigenvalue weighted by Gasteiger charge is 2.04. The third-order valence-electron chi connectivity index (χ3n) is 1.62. The van der Waals surface area contributed by atoms with Crippen LogP contribution in [-0.2, 0) is 11.2 Å². The molecule has 0 aliphatic heterocycles. The van der Waals surface area contributed by atoms with Crippen molar-refractivity contribution in [3.05, 3.63) is 35.9 Å². The minimum atomic E-state index is 0.0235. The number of halogens is 1. The molecule has 70 valence electrons. The molecule has 1 N–H and O–H groups in total. The number of hydrogen-bond donors (Lipinski definition) is 1. The molecule has 0 spiro atoms. The summed E-state index contributed by atoms with van der Waals surface area (Å²) in [5.41, 5.74) is 1.25. The normalized spacial score (nSPS) is 12.2. The van der Waals surface area contributed by atoms with Crippen molar-refractivity contribution in [3.63, 3.8) is 0 Å². The maximum Gasteiger partial charge on any atom is 0.217 e. The van der Waals surface area contributed by atoms with Gasteiger partial charge in [-0.2, -0.15) is 0 Å². The number of carbonyl (C=O) groups excluding carboxylic acids is 1. The van der Waals surface area contributed by atoms with E-state index in [2.05, 4.69) is 40.0 Å². The molecule has 1 rings (SSSR count). The zero-order valence-corrected chi connectivity index (χ0v) is 9.61. The highest BCUT2D eigenvalue weighted by Crippen LogP contribution is 2.07. The van der Waals surface area contributed by atoms with E-state index in [0.717, 1.165) is 6.42 Å². The summed E-state index contributed by atoms with van der Waals surface area (Å²) in [7, 11) is 0. The van der Waals surface area contributed by atoms with Gasteiger partial charge in [-0.15, -0.1) is 0 Å². The molecule has 1 amide bonds. The van der Waals surface area contributed by atoms with Crippen LogP contribution in [0.5, 0.6) is 0 Å². The van der Waals surface area contributed by atoms with Crippen LogP contribution in [0.1, 0.15) is 12.5 Å². The first-order valence-electron chi connectivity index (χ1n) is 4.13. The number of rotatable bonds is 3. The predicted octanol–water partition coefficient (Wildman–Crippen LogP) is 2.13. The highest BCUT2D eigenvalue weighted by molar-refractivity contribution is 14.1. The molecule has 1 atom stereocenters. The summed E-state index contributed by atoms with van der Waals surface area (Å²) in [5.74, 6) is 0.0235. The van der Waals surface area contributed by atoms with E-state index < -0.39 is 0 Å². The Labute approximate surface area is 91.9 Å². The minimum Gasteiger partial charge on any atom is -0.344 e. The number of amides is 1. The standard InChI is InChI=1S/C10H12INO/c1-8(13)12-10(11)7-9-5-3-2-4-6-9/h2-6,10H,7H2,1H3,(H,12,13). The summed E-state index contributed by atoms with van der Waals surface area (Å²) in [6.45, 7) is 1.54. The van der Waals surface area contributed by atoms with Gasteiger partial charge in [0.1, 0.15) is 0 Å². The van der Waals surface area contributed by atoms with Crippen LogP contribution in [0, 0.1) is 0 Å². The number of benzene rings is 1. The zero-order valence-electron chi connectivity index (χ0n) is 7.46. The van der Waals surface area contributed by atoms with E-state index in [-0.39, 0.29) is 9.96 Å². The quantitative estimate of drug-likeness (QED) is 0.515. The smallest absolute Gasteiger partial charge is 0.217 e. The van der Waals surface area contributed by atoms with Crippen LogP contribution in [-0.4, -0.2) is 9.96 Å². The van der Waals surface area contributed by atoms with Gasteiger partial charge in [-0.1, -0.05) is 52.9 Å². The number of alkyl halides is 1. The summed E-state index contributed by atoms with van der Waals surface area (Å²) in [5, 5.41) is 2.84. The fraction of sp³-hybridized carbons (Fsp3) is 0.300. The van der Waals surface area contributed by atoms with Gasteiger partial charge in [0.15, 0.2) is 0 Å². The van der Waals surface area contributed by atoms with Crippen LogP contribution < -0.4 is 5.32 Å². The van der Waals surface area contributed by atoms with E-state index in [1.807, 2.05) is 18.2 Å². The van der Waals surface area contributed by atoms with Crippen LogP contribution in [0.25, 0.3) is 0 Å². The predicted molar refractivity (Wildman–Crippen MR) is 61.8 cm³/mol. The molecule has 0 saturated heterocycles. The van der Waals surface area contributed by atoms with Crippen molar-refractivity contribution in [1.82, 2.24) is 5.32 Å². The maximum atomic E-state index is 10.7. The third kappa shape index (κ3) is 4.26. The molecule has 0 aromatic heterocycles. The summed E-state index contributed by atoms with van der Waals surface area (Å²) in [6, 6.07) is 10.1. The highest BCUT2D eigenvalue weighted by atomic mass is 127. The van der Waals surface area contributed by atoms with Gasteiger partial charge in [0.25, 0.3) is 0 Å². The lowest BCUT2D eigenvalue weighted by molar-refractivity contribution is -0.119. The molecule has 0 aliphatic rings. The van der Waals surface area contributed by atoms with Gasteiger partial charge in [-0.05, 0) is 5.56 Å². The number of carbonyl (C=O) groups is 1. The Morgan fingerprint density at radius 1 is 1.46 bits per heavy atom. The topological polar surface area (TPSA) is 29.1 Å². The van der Waals surface area contributed by atoms with Crippen molar-refractivity contribution in [1.29, 1.82) is 0 Å². The second-order valence-electron chi connectivity index (χ2n) is 2.86. The summed E-state index contributed by atoms with van der Waals surface area (Å²) >= 11 is 2.23. The zero-order chi connectivity index (χ0) is 9.68. The molecule has 0 bridgehead atoms. The minimum absolute atomic E-state index is 0.0235. The molecule has 0 heterocycles. The van der Waals surface area contributed by atoms with Crippen LogP contribution in [0.15, 0.2) is 30.3 Å². The maximum absolute atomic E-state index is 10.7. The van der Waals surface area contributed by atoms with Gasteiger partial charge in [-0.25, -0.2) is 0 Å². The Balaban J connectivity index is 2.45. The first-order chi connectivity index (χ1) is 6.18. The van der Waals surface area contributed by atoms with E-state index in [0.29, 0.717) is 0 Å². The number of hydrogen-bond acceptors (Lipinski definition) is 1. The molecule has 2 nitrogen and oxygen atoms in total. The van der Waals surface area contributed by atoms with E-state index in [9.17, 15) is 4.79 Å². The summed E-state index contributed by atoms with van der Waals surface area (Å²) < 4.78 is 0.178. The van der Waals surface area contributed by atoms with Gasteiger partial charge in [0, 0.05) is 13.3 Å². The third-order valence-corrected chi connectivity index (χ3v) is 2.37. The van der Waals surface area contributed by atoms with E-state index in [1.165, 1.54) is 12.5 Å². The second kappa shape index (κ2) is 5.21. The first kappa shape index (κ1) is 10.5. The largest absolute Gasteiger partial charge is 0.344 e. The van der Waals surface area contributed by atoms with Crippen molar-refractivity contribution in [3.8, 4) is 0 Å². The van der Waals surface area contributed by atoms with Crippen LogP contribution in [0.4, 0.5) is 0 Å². The molecule has 1 aromatic rings. The molecule has 1 aromatic carbocycles. The Bertz CT molecular complexity index is 274. The first-order valence-corrected chi connectivity index (χ1v) is 5.38. The average Bonchev–Trinajstić information content (AvgIpc) is 2.04. The van der Waals surface area contributed by atoms with Gasteiger partial charge in [0.2, 0.25) is 5.91 Å². The lowest BCUT2D eigenvalue weighted by Crippen LogP contribution is -2.29. The molecule has 0 aliphatic carbocycles. The molecule has 0 radical (unpaired) electrons. The van der Waals surface area contributed by atoms with Crippen molar-refractivity contribution in [2.75, 3.05) is 0 Å². The average molecular weight is 289 g/mol. The van der Waals surface area contributed by atoms with Crippen LogP contribution in [0.2, 0.25) is 0 Å². The molecular formula is C10H12INO. The number of nitrogens with one attached hydrogen (secondary N) is 1.